The topological polar surface area (TPSA) is 95.2 Å². The van der Waals surface area contributed by atoms with E-state index in [0.717, 1.165) is 63.4 Å². The average Bonchev–Trinajstić information content (AvgIpc) is 3.23. The van der Waals surface area contributed by atoms with Crippen molar-refractivity contribution in [3.8, 4) is 0 Å². The minimum Gasteiger partial charge on any atom is -0.431 e. The van der Waals surface area contributed by atoms with Gasteiger partial charge in [0.25, 0.3) is 0 Å². The third-order valence-corrected chi connectivity index (χ3v) is 12.8. The van der Waals surface area contributed by atoms with E-state index in [1.54, 1.807) is 6.26 Å². The van der Waals surface area contributed by atoms with E-state index in [0.29, 0.717) is 32.2 Å². The van der Waals surface area contributed by atoms with Crippen LogP contribution in [0.15, 0.2) is 27.6 Å². The zero-order chi connectivity index (χ0) is 27.6. The number of nitrogens with zero attached hydrogens (tertiary/aromatic N) is 2. The lowest BCUT2D eigenvalue weighted by Crippen LogP contribution is -2.75. The highest BCUT2D eigenvalue weighted by Gasteiger charge is 2.72. The summed E-state index contributed by atoms with van der Waals surface area (Å²) < 4.78 is 10.7. The quantitative estimate of drug-likeness (QED) is 0.601. The number of aliphatic hydroxyl groups is 1. The molecule has 1 aromatic rings. The Kier molecular flexibility index (Phi) is 6.71. The van der Waals surface area contributed by atoms with Gasteiger partial charge in [-0.25, -0.2) is 9.59 Å². The van der Waals surface area contributed by atoms with Crippen LogP contribution < -0.4 is 10.9 Å². The molecule has 4 saturated carbocycles. The summed E-state index contributed by atoms with van der Waals surface area (Å²) in [5.41, 5.74) is -0.405. The third kappa shape index (κ3) is 3.80. The molecule has 2 amide bonds. The summed E-state index contributed by atoms with van der Waals surface area (Å²) in [6, 6.07) is 3.81. The molecular weight excluding hydrogens is 494 g/mol. The molecule has 8 heteroatoms. The minimum atomic E-state index is -0.775. The van der Waals surface area contributed by atoms with Crippen LogP contribution in [0.1, 0.15) is 83.1 Å². The second kappa shape index (κ2) is 9.59. The standard InChI is InChI=1S/C31H47N3O5/c1-28-11-9-23(33(4)27(36)34-15-17-38-18-16-34)19-22(28)6-7-25-30(28,32-3)14-13-29(2)24(10-12-31(25,29)37)21-5-8-26(35)39-20-21/h5,8,20,22-25,32,37H,6-7,9-19H2,1-4H3/t22-,23?,24-,25-,28+,29-,30-,31+/m1/s1. The molecule has 2 heterocycles. The highest BCUT2D eigenvalue weighted by molar-refractivity contribution is 5.74. The van der Waals surface area contributed by atoms with Crippen molar-refractivity contribution in [2.75, 3.05) is 40.4 Å². The van der Waals surface area contributed by atoms with E-state index >= 15 is 0 Å². The van der Waals surface area contributed by atoms with Crippen LogP contribution in [0, 0.1) is 22.7 Å². The smallest absolute Gasteiger partial charge is 0.335 e. The Hall–Kier alpha value is -1.90. The summed E-state index contributed by atoms with van der Waals surface area (Å²) >= 11 is 0. The van der Waals surface area contributed by atoms with Crippen molar-refractivity contribution < 1.29 is 19.1 Å². The average molecular weight is 542 g/mol. The molecule has 8 nitrogen and oxygen atoms in total. The van der Waals surface area contributed by atoms with Crippen LogP contribution in [-0.2, 0) is 4.74 Å². The van der Waals surface area contributed by atoms with Gasteiger partial charge in [-0.15, -0.1) is 0 Å². The summed E-state index contributed by atoms with van der Waals surface area (Å²) in [5.74, 6) is 0.858. The first kappa shape index (κ1) is 27.3. The number of rotatable bonds is 3. The van der Waals surface area contributed by atoms with Gasteiger partial charge in [-0.1, -0.05) is 13.8 Å². The number of nitrogens with one attached hydrogen (secondary N) is 1. The Labute approximate surface area is 232 Å². The van der Waals surface area contributed by atoms with Crippen LogP contribution in [0.25, 0.3) is 0 Å². The molecule has 1 saturated heterocycles. The van der Waals surface area contributed by atoms with Crippen LogP contribution in [0.3, 0.4) is 0 Å². The molecule has 4 aliphatic carbocycles. The fourth-order valence-corrected chi connectivity index (χ4v) is 10.4. The van der Waals surface area contributed by atoms with Crippen molar-refractivity contribution >= 4 is 6.03 Å². The second-order valence-electron chi connectivity index (χ2n) is 13.7. The summed E-state index contributed by atoms with van der Waals surface area (Å²) in [4.78, 5) is 28.9. The lowest BCUT2D eigenvalue weighted by molar-refractivity contribution is -0.222. The van der Waals surface area contributed by atoms with Gasteiger partial charge < -0.3 is 29.4 Å². The Balaban J connectivity index is 1.25. The van der Waals surface area contributed by atoms with Gasteiger partial charge in [0.05, 0.1) is 25.1 Å². The molecule has 8 atom stereocenters. The molecule has 216 valence electrons. The molecule has 6 rings (SSSR count). The molecule has 2 N–H and O–H groups in total. The van der Waals surface area contributed by atoms with E-state index in [9.17, 15) is 14.7 Å². The fraction of sp³-hybridized carbons (Fsp3) is 0.806. The number of morpholine rings is 1. The molecule has 0 bridgehead atoms. The number of ether oxygens (including phenoxy) is 1. The lowest BCUT2D eigenvalue weighted by Gasteiger charge is -2.70. The van der Waals surface area contributed by atoms with E-state index in [1.165, 1.54) is 6.07 Å². The Morgan fingerprint density at radius 2 is 1.82 bits per heavy atom. The Bertz CT molecular complexity index is 1130. The Morgan fingerprint density at radius 3 is 2.51 bits per heavy atom. The number of fused-ring (bicyclic) bond motifs is 5. The second-order valence-corrected chi connectivity index (χ2v) is 13.7. The van der Waals surface area contributed by atoms with Crippen molar-refractivity contribution in [2.45, 2.75) is 94.7 Å². The zero-order valence-electron chi connectivity index (χ0n) is 24.2. The van der Waals surface area contributed by atoms with Crippen molar-refractivity contribution in [1.29, 1.82) is 0 Å². The van der Waals surface area contributed by atoms with Crippen LogP contribution in [0.4, 0.5) is 4.79 Å². The van der Waals surface area contributed by atoms with Gasteiger partial charge >= 0.3 is 11.7 Å². The normalized spacial score (nSPS) is 43.8. The van der Waals surface area contributed by atoms with E-state index < -0.39 is 5.60 Å². The molecule has 0 radical (unpaired) electrons. The summed E-state index contributed by atoms with van der Waals surface area (Å²) in [6.07, 6.45) is 10.4. The van der Waals surface area contributed by atoms with Crippen LogP contribution >= 0.6 is 0 Å². The van der Waals surface area contributed by atoms with Gasteiger partial charge in [0, 0.05) is 49.1 Å². The number of amides is 2. The molecule has 39 heavy (non-hydrogen) atoms. The lowest BCUT2D eigenvalue weighted by atomic mass is 9.39. The van der Waals surface area contributed by atoms with Gasteiger partial charge in [0.1, 0.15) is 0 Å². The maximum absolute atomic E-state index is 13.3. The molecule has 1 unspecified atom stereocenters. The largest absolute Gasteiger partial charge is 0.431 e. The van der Waals surface area contributed by atoms with Crippen molar-refractivity contribution in [3.05, 3.63) is 34.4 Å². The summed E-state index contributed by atoms with van der Waals surface area (Å²) in [5, 5.41) is 16.6. The van der Waals surface area contributed by atoms with Gasteiger partial charge in [-0.2, -0.15) is 0 Å². The highest BCUT2D eigenvalue weighted by Crippen LogP contribution is 2.71. The maximum Gasteiger partial charge on any atom is 0.335 e. The van der Waals surface area contributed by atoms with E-state index in [-0.39, 0.29) is 45.9 Å². The SMILES string of the molecule is CN[C@]12CC[C@]3(C)[C@@H](c4ccc(=O)oc4)CC[C@]3(O)[C@@H]1CC[C@@H]1CC(N(C)C(=O)N3CCOCC3)CC[C@@]12C. The molecule has 0 spiro atoms. The predicted molar refractivity (Wildman–Crippen MR) is 149 cm³/mol. The summed E-state index contributed by atoms with van der Waals surface area (Å²) in [6.45, 7) is 7.36. The van der Waals surface area contributed by atoms with Crippen molar-refractivity contribution in [1.82, 2.24) is 15.1 Å². The van der Waals surface area contributed by atoms with E-state index in [1.807, 2.05) is 22.9 Å². The van der Waals surface area contributed by atoms with Crippen LogP contribution in [0.2, 0.25) is 0 Å². The molecule has 5 aliphatic rings. The van der Waals surface area contributed by atoms with E-state index in [4.69, 9.17) is 9.15 Å². The van der Waals surface area contributed by atoms with Gasteiger partial charge in [-0.05, 0) is 93.7 Å². The fourth-order valence-electron chi connectivity index (χ4n) is 10.4. The van der Waals surface area contributed by atoms with Crippen molar-refractivity contribution in [2.24, 2.45) is 22.7 Å². The van der Waals surface area contributed by atoms with Gasteiger partial charge in [0.15, 0.2) is 0 Å². The first-order chi connectivity index (χ1) is 18.6. The first-order valence-electron chi connectivity index (χ1n) is 15.2. The monoisotopic (exact) mass is 541 g/mol. The number of hydrogen-bond donors (Lipinski definition) is 2. The molecular formula is C31H47N3O5. The van der Waals surface area contributed by atoms with Crippen LogP contribution in [-0.4, -0.2) is 78.5 Å². The summed E-state index contributed by atoms with van der Waals surface area (Å²) in [7, 11) is 4.11. The zero-order valence-corrected chi connectivity index (χ0v) is 24.2. The van der Waals surface area contributed by atoms with Crippen LogP contribution in [0.5, 0.6) is 0 Å². The van der Waals surface area contributed by atoms with E-state index in [2.05, 4.69) is 26.2 Å². The molecule has 5 fully saturated rings. The third-order valence-electron chi connectivity index (χ3n) is 12.8. The molecule has 1 aliphatic heterocycles. The van der Waals surface area contributed by atoms with Gasteiger partial charge in [0.2, 0.25) is 0 Å². The highest BCUT2D eigenvalue weighted by atomic mass is 16.5. The van der Waals surface area contributed by atoms with Crippen molar-refractivity contribution in [3.63, 3.8) is 0 Å². The maximum atomic E-state index is 13.3. The molecule has 0 aromatic carbocycles. The minimum absolute atomic E-state index is 0.0543. The number of carbonyl (C=O) groups excluding carboxylic acids is 1. The first-order valence-corrected chi connectivity index (χ1v) is 15.2. The number of hydrogen-bond acceptors (Lipinski definition) is 6. The number of carbonyl (C=O) groups is 1. The molecule has 1 aromatic heterocycles. The predicted octanol–water partition coefficient (Wildman–Crippen LogP) is 3.98. The Morgan fingerprint density at radius 1 is 1.05 bits per heavy atom. The van der Waals surface area contributed by atoms with Gasteiger partial charge in [-0.3, -0.25) is 0 Å². The number of urea groups is 1.